The van der Waals surface area contributed by atoms with Crippen LogP contribution in [0.15, 0.2) is 18.3 Å². The van der Waals surface area contributed by atoms with Gasteiger partial charge in [0.2, 0.25) is 17.7 Å². The molecular weight excluding hydrogens is 404 g/mol. The minimum absolute atomic E-state index is 0.127. The topological polar surface area (TPSA) is 84.3 Å². The second-order valence-corrected chi connectivity index (χ2v) is 10.9. The molecule has 0 spiro atoms. The van der Waals surface area contributed by atoms with Gasteiger partial charge in [-0.15, -0.1) is 0 Å². The summed E-state index contributed by atoms with van der Waals surface area (Å²) in [5, 5.41) is 7.80. The summed E-state index contributed by atoms with van der Waals surface area (Å²) in [5.41, 5.74) is 2.10. The van der Waals surface area contributed by atoms with Gasteiger partial charge in [0.05, 0.1) is 29.6 Å². The predicted octanol–water partition coefficient (Wildman–Crippen LogP) is 3.50. The molecule has 1 fully saturated rings. The van der Waals surface area contributed by atoms with Crippen molar-refractivity contribution in [2.24, 2.45) is 17.8 Å². The molecule has 174 valence electrons. The highest BCUT2D eigenvalue weighted by Crippen LogP contribution is 2.38. The monoisotopic (exact) mass is 440 g/mol. The van der Waals surface area contributed by atoms with Gasteiger partial charge in [0.15, 0.2) is 0 Å². The zero-order valence-corrected chi connectivity index (χ0v) is 19.9. The van der Waals surface area contributed by atoms with Crippen molar-refractivity contribution in [3.8, 4) is 0 Å². The molecule has 1 saturated heterocycles. The number of hydrogen-bond donors (Lipinski definition) is 1. The van der Waals surface area contributed by atoms with Crippen molar-refractivity contribution in [2.75, 3.05) is 0 Å². The van der Waals surface area contributed by atoms with Gasteiger partial charge in [0, 0.05) is 11.3 Å². The van der Waals surface area contributed by atoms with Gasteiger partial charge in [-0.2, -0.15) is 5.10 Å². The molecule has 1 aromatic heterocycles. The van der Waals surface area contributed by atoms with E-state index in [4.69, 9.17) is 0 Å². The summed E-state index contributed by atoms with van der Waals surface area (Å²) in [6, 6.07) is -0.905. The SMILES string of the molecule is CC(C)C[C@H](C(=O)N[C@@H]1CCCc2c1cnn2C(C)(C)C)N1C(=O)[C@H]2CC=CC[C@@H]2C1=O. The first-order valence-corrected chi connectivity index (χ1v) is 12.0. The van der Waals surface area contributed by atoms with Crippen LogP contribution < -0.4 is 5.32 Å². The zero-order chi connectivity index (χ0) is 23.2. The van der Waals surface area contributed by atoms with Crippen LogP contribution in [-0.4, -0.2) is 38.4 Å². The Hall–Kier alpha value is -2.44. The number of carbonyl (C=O) groups is 3. The largest absolute Gasteiger partial charge is 0.347 e. The number of nitrogens with zero attached hydrogens (tertiary/aromatic N) is 3. The van der Waals surface area contributed by atoms with Crippen molar-refractivity contribution < 1.29 is 14.4 Å². The molecule has 2 aliphatic carbocycles. The van der Waals surface area contributed by atoms with Crippen LogP contribution in [0, 0.1) is 17.8 Å². The van der Waals surface area contributed by atoms with Gasteiger partial charge in [0.1, 0.15) is 6.04 Å². The molecule has 32 heavy (non-hydrogen) atoms. The average molecular weight is 441 g/mol. The zero-order valence-electron chi connectivity index (χ0n) is 19.9. The Bertz CT molecular complexity index is 913. The smallest absolute Gasteiger partial charge is 0.243 e. The van der Waals surface area contributed by atoms with E-state index in [1.54, 1.807) is 0 Å². The molecule has 3 aliphatic rings. The fourth-order valence-electron chi connectivity index (χ4n) is 5.46. The first-order valence-electron chi connectivity index (χ1n) is 12.0. The van der Waals surface area contributed by atoms with E-state index < -0.39 is 6.04 Å². The normalized spacial score (nSPS) is 26.3. The number of likely N-dealkylation sites (tertiary alicyclic amines) is 1. The van der Waals surface area contributed by atoms with Crippen molar-refractivity contribution in [2.45, 2.75) is 90.8 Å². The molecular formula is C25H36N4O3. The summed E-state index contributed by atoms with van der Waals surface area (Å²) in [7, 11) is 0. The summed E-state index contributed by atoms with van der Waals surface area (Å²) < 4.78 is 2.05. The second kappa shape index (κ2) is 8.49. The molecule has 0 saturated carbocycles. The maximum absolute atomic E-state index is 13.5. The highest BCUT2D eigenvalue weighted by atomic mass is 16.2. The van der Waals surface area contributed by atoms with E-state index in [0.717, 1.165) is 24.8 Å². The molecule has 2 heterocycles. The van der Waals surface area contributed by atoms with Crippen molar-refractivity contribution >= 4 is 17.7 Å². The minimum Gasteiger partial charge on any atom is -0.347 e. The molecule has 3 amide bonds. The van der Waals surface area contributed by atoms with Gasteiger partial charge in [-0.25, -0.2) is 0 Å². The van der Waals surface area contributed by atoms with Crippen molar-refractivity contribution in [1.82, 2.24) is 20.0 Å². The first kappa shape index (κ1) is 22.7. The van der Waals surface area contributed by atoms with Gasteiger partial charge < -0.3 is 5.32 Å². The summed E-state index contributed by atoms with van der Waals surface area (Å²) in [6.45, 7) is 10.4. The Morgan fingerprint density at radius 3 is 2.34 bits per heavy atom. The second-order valence-electron chi connectivity index (χ2n) is 10.9. The van der Waals surface area contributed by atoms with Crippen LogP contribution in [0.5, 0.6) is 0 Å². The number of rotatable bonds is 5. The number of carbonyl (C=O) groups excluding carboxylic acids is 3. The highest BCUT2D eigenvalue weighted by molar-refractivity contribution is 6.08. The van der Waals surface area contributed by atoms with Crippen LogP contribution in [0.1, 0.15) is 84.0 Å². The maximum Gasteiger partial charge on any atom is 0.243 e. The lowest BCUT2D eigenvalue weighted by molar-refractivity contribution is -0.148. The summed E-state index contributed by atoms with van der Waals surface area (Å²) in [5.74, 6) is -1.06. The standard InChI is InChI=1S/C25H36N4O3/c1-15(2)13-21(28-23(31)16-9-6-7-10-17(16)24(28)32)22(30)27-19-11-8-12-20-18(19)14-26-29(20)25(3,4)5/h6-7,14-17,19,21H,8-13H2,1-5H3,(H,27,30)/t16-,17-,19+,21+/m0/s1. The van der Waals surface area contributed by atoms with E-state index in [1.807, 2.05) is 32.2 Å². The lowest BCUT2D eigenvalue weighted by Gasteiger charge is -2.31. The molecule has 4 atom stereocenters. The molecule has 7 heteroatoms. The van der Waals surface area contributed by atoms with Crippen LogP contribution in [0.4, 0.5) is 0 Å². The Labute approximate surface area is 190 Å². The van der Waals surface area contributed by atoms with Gasteiger partial charge >= 0.3 is 0 Å². The van der Waals surface area contributed by atoms with E-state index in [1.165, 1.54) is 10.6 Å². The van der Waals surface area contributed by atoms with E-state index >= 15 is 0 Å². The van der Waals surface area contributed by atoms with E-state index in [9.17, 15) is 14.4 Å². The van der Waals surface area contributed by atoms with Crippen LogP contribution in [0.2, 0.25) is 0 Å². The predicted molar refractivity (Wildman–Crippen MR) is 121 cm³/mol. The molecule has 0 radical (unpaired) electrons. The quantitative estimate of drug-likeness (QED) is 0.561. The molecule has 0 unspecified atom stereocenters. The Balaban J connectivity index is 1.58. The third-order valence-electron chi connectivity index (χ3n) is 6.99. The van der Waals surface area contributed by atoms with Crippen molar-refractivity contribution in [3.05, 3.63) is 29.6 Å². The maximum atomic E-state index is 13.5. The van der Waals surface area contributed by atoms with Crippen LogP contribution in [0.3, 0.4) is 0 Å². The molecule has 1 aliphatic heterocycles. The van der Waals surface area contributed by atoms with Crippen LogP contribution in [0.25, 0.3) is 0 Å². The van der Waals surface area contributed by atoms with Gasteiger partial charge in [0.25, 0.3) is 0 Å². The van der Waals surface area contributed by atoms with Gasteiger partial charge in [-0.05, 0) is 65.2 Å². The molecule has 0 bridgehead atoms. The molecule has 7 nitrogen and oxygen atoms in total. The van der Waals surface area contributed by atoms with Crippen LogP contribution >= 0.6 is 0 Å². The number of allylic oxidation sites excluding steroid dienone is 2. The number of imide groups is 1. The number of hydrogen-bond acceptors (Lipinski definition) is 4. The number of nitrogens with one attached hydrogen (secondary N) is 1. The average Bonchev–Trinajstić information content (AvgIpc) is 3.27. The summed E-state index contributed by atoms with van der Waals surface area (Å²) in [4.78, 5) is 41.2. The van der Waals surface area contributed by atoms with Crippen LogP contribution in [-0.2, 0) is 26.3 Å². The third kappa shape index (κ3) is 4.02. The molecule has 1 aromatic rings. The molecule has 0 aromatic carbocycles. The van der Waals surface area contributed by atoms with Gasteiger partial charge in [-0.3, -0.25) is 24.0 Å². The van der Waals surface area contributed by atoms with E-state index in [-0.39, 0.29) is 47.1 Å². The van der Waals surface area contributed by atoms with Gasteiger partial charge in [-0.1, -0.05) is 26.0 Å². The van der Waals surface area contributed by atoms with E-state index in [0.29, 0.717) is 19.3 Å². The third-order valence-corrected chi connectivity index (χ3v) is 6.99. The molecule has 4 rings (SSSR count). The highest BCUT2D eigenvalue weighted by Gasteiger charge is 2.51. The minimum atomic E-state index is -0.761. The summed E-state index contributed by atoms with van der Waals surface area (Å²) in [6.07, 6.45) is 10.2. The van der Waals surface area contributed by atoms with E-state index in [2.05, 4.69) is 35.9 Å². The first-order chi connectivity index (χ1) is 15.1. The number of fused-ring (bicyclic) bond motifs is 2. The fraction of sp³-hybridized carbons (Fsp3) is 0.680. The van der Waals surface area contributed by atoms with Crippen molar-refractivity contribution in [3.63, 3.8) is 0 Å². The summed E-state index contributed by atoms with van der Waals surface area (Å²) >= 11 is 0. The Morgan fingerprint density at radius 1 is 1.16 bits per heavy atom. The van der Waals surface area contributed by atoms with Crippen molar-refractivity contribution in [1.29, 1.82) is 0 Å². The Kier molecular flexibility index (Phi) is 6.03. The lowest BCUT2D eigenvalue weighted by atomic mass is 9.85. The lowest BCUT2D eigenvalue weighted by Crippen LogP contribution is -2.51. The number of aromatic nitrogens is 2. The number of amides is 3. The molecule has 1 N–H and O–H groups in total. The fourth-order valence-corrected chi connectivity index (χ4v) is 5.46. The Morgan fingerprint density at radius 2 is 1.78 bits per heavy atom.